The minimum Gasteiger partial charge on any atom is -0.368 e. The van der Waals surface area contributed by atoms with Crippen molar-refractivity contribution in [2.45, 2.75) is 19.9 Å². The molecule has 1 amide bonds. The van der Waals surface area contributed by atoms with Gasteiger partial charge in [-0.15, -0.1) is 35.3 Å². The molecule has 0 radical (unpaired) electrons. The summed E-state index contributed by atoms with van der Waals surface area (Å²) < 4.78 is 0. The number of carbonyl (C=O) groups is 1. The number of piperazine rings is 1. The molecule has 2 N–H and O–H groups in total. The van der Waals surface area contributed by atoms with Gasteiger partial charge in [0.05, 0.1) is 6.54 Å². The van der Waals surface area contributed by atoms with Crippen LogP contribution in [0.1, 0.15) is 18.2 Å². The summed E-state index contributed by atoms with van der Waals surface area (Å²) in [6.45, 7) is 7.41. The first kappa shape index (κ1) is 23.5. The molecule has 29 heavy (non-hydrogen) atoms. The van der Waals surface area contributed by atoms with E-state index in [0.29, 0.717) is 19.5 Å². The number of para-hydroxylation sites is 1. The third-order valence-corrected chi connectivity index (χ3v) is 5.56. The van der Waals surface area contributed by atoms with E-state index in [2.05, 4.69) is 56.2 Å². The molecule has 1 aliphatic heterocycles. The molecule has 0 saturated carbocycles. The Kier molecular flexibility index (Phi) is 10.3. The van der Waals surface area contributed by atoms with Crippen molar-refractivity contribution in [2.24, 2.45) is 4.99 Å². The number of benzene rings is 1. The number of nitrogens with zero attached hydrogens (tertiary/aromatic N) is 3. The number of amides is 1. The highest BCUT2D eigenvalue weighted by Crippen LogP contribution is 2.15. The van der Waals surface area contributed by atoms with Crippen LogP contribution in [0.3, 0.4) is 0 Å². The molecular weight excluding hydrogens is 497 g/mol. The van der Waals surface area contributed by atoms with Gasteiger partial charge in [-0.3, -0.25) is 4.79 Å². The molecule has 2 aromatic rings. The fourth-order valence-corrected chi connectivity index (χ4v) is 3.83. The van der Waals surface area contributed by atoms with Gasteiger partial charge >= 0.3 is 0 Å². The van der Waals surface area contributed by atoms with Crippen molar-refractivity contribution in [2.75, 3.05) is 44.2 Å². The van der Waals surface area contributed by atoms with Crippen LogP contribution in [-0.2, 0) is 11.3 Å². The molecule has 0 unspecified atom stereocenters. The normalized spacial score (nSPS) is 14.3. The summed E-state index contributed by atoms with van der Waals surface area (Å²) in [6.07, 6.45) is 0.481. The predicted octanol–water partition coefficient (Wildman–Crippen LogP) is 3.16. The topological polar surface area (TPSA) is 60.0 Å². The summed E-state index contributed by atoms with van der Waals surface area (Å²) in [7, 11) is 0. The van der Waals surface area contributed by atoms with Crippen molar-refractivity contribution in [1.82, 2.24) is 15.5 Å². The molecule has 1 aliphatic rings. The van der Waals surface area contributed by atoms with E-state index in [4.69, 9.17) is 0 Å². The summed E-state index contributed by atoms with van der Waals surface area (Å²) in [4.78, 5) is 22.6. The van der Waals surface area contributed by atoms with Crippen LogP contribution < -0.4 is 15.5 Å². The Hall–Kier alpha value is -1.81. The molecule has 6 nitrogen and oxygen atoms in total. The molecule has 0 aliphatic carbocycles. The lowest BCUT2D eigenvalue weighted by Gasteiger charge is -2.36. The molecule has 2 heterocycles. The van der Waals surface area contributed by atoms with Crippen molar-refractivity contribution in [3.05, 3.63) is 52.7 Å². The van der Waals surface area contributed by atoms with Crippen LogP contribution in [0.4, 0.5) is 5.69 Å². The van der Waals surface area contributed by atoms with E-state index in [1.165, 1.54) is 10.6 Å². The first-order valence-electron chi connectivity index (χ1n) is 9.88. The van der Waals surface area contributed by atoms with Gasteiger partial charge in [0.25, 0.3) is 0 Å². The SMILES string of the molecule is CCNC(=NCc1cccs1)NCCC(=O)N1CCN(c2ccccc2)CC1.I. The Labute approximate surface area is 194 Å². The Morgan fingerprint density at radius 3 is 2.48 bits per heavy atom. The molecule has 1 aromatic carbocycles. The van der Waals surface area contributed by atoms with E-state index < -0.39 is 0 Å². The second kappa shape index (κ2) is 12.7. The van der Waals surface area contributed by atoms with Crippen molar-refractivity contribution in [1.29, 1.82) is 0 Å². The van der Waals surface area contributed by atoms with Crippen LogP contribution >= 0.6 is 35.3 Å². The van der Waals surface area contributed by atoms with Crippen LogP contribution in [0.5, 0.6) is 0 Å². The van der Waals surface area contributed by atoms with Crippen molar-refractivity contribution in [3.63, 3.8) is 0 Å². The largest absolute Gasteiger partial charge is 0.368 e. The monoisotopic (exact) mass is 527 g/mol. The fourth-order valence-electron chi connectivity index (χ4n) is 3.20. The predicted molar refractivity (Wildman–Crippen MR) is 132 cm³/mol. The van der Waals surface area contributed by atoms with E-state index in [9.17, 15) is 4.79 Å². The summed E-state index contributed by atoms with van der Waals surface area (Å²) in [5, 5.41) is 8.56. The molecule has 1 fully saturated rings. The van der Waals surface area contributed by atoms with E-state index in [1.807, 2.05) is 24.0 Å². The summed E-state index contributed by atoms with van der Waals surface area (Å²) in [5.41, 5.74) is 1.23. The average molecular weight is 527 g/mol. The molecule has 158 valence electrons. The summed E-state index contributed by atoms with van der Waals surface area (Å²) in [6, 6.07) is 14.5. The Morgan fingerprint density at radius 1 is 1.07 bits per heavy atom. The zero-order chi connectivity index (χ0) is 19.6. The zero-order valence-electron chi connectivity index (χ0n) is 16.8. The average Bonchev–Trinajstić information content (AvgIpc) is 3.26. The number of anilines is 1. The van der Waals surface area contributed by atoms with Gasteiger partial charge in [-0.25, -0.2) is 4.99 Å². The van der Waals surface area contributed by atoms with Crippen LogP contribution in [0.2, 0.25) is 0 Å². The molecule has 3 rings (SSSR count). The highest BCUT2D eigenvalue weighted by molar-refractivity contribution is 14.0. The fraction of sp³-hybridized carbons (Fsp3) is 0.429. The van der Waals surface area contributed by atoms with Crippen LogP contribution in [0.25, 0.3) is 0 Å². The number of guanidine groups is 1. The summed E-state index contributed by atoms with van der Waals surface area (Å²) >= 11 is 1.70. The number of rotatable bonds is 7. The Morgan fingerprint density at radius 2 is 1.83 bits per heavy atom. The maximum absolute atomic E-state index is 12.5. The summed E-state index contributed by atoms with van der Waals surface area (Å²) in [5.74, 6) is 0.965. The van der Waals surface area contributed by atoms with E-state index >= 15 is 0 Å². The number of nitrogens with one attached hydrogen (secondary N) is 2. The first-order chi connectivity index (χ1) is 13.8. The van der Waals surface area contributed by atoms with Gasteiger partial charge in [0, 0.05) is 56.3 Å². The molecule has 0 atom stereocenters. The van der Waals surface area contributed by atoms with E-state index in [-0.39, 0.29) is 29.9 Å². The van der Waals surface area contributed by atoms with Crippen LogP contribution in [-0.4, -0.2) is 56.0 Å². The van der Waals surface area contributed by atoms with E-state index in [1.54, 1.807) is 11.3 Å². The van der Waals surface area contributed by atoms with Crippen molar-refractivity contribution < 1.29 is 4.79 Å². The Bertz CT molecular complexity index is 746. The molecule has 8 heteroatoms. The quantitative estimate of drug-likeness (QED) is 0.330. The van der Waals surface area contributed by atoms with Gasteiger partial charge in [0.1, 0.15) is 0 Å². The second-order valence-corrected chi connectivity index (χ2v) is 7.69. The van der Waals surface area contributed by atoms with Gasteiger partial charge in [0.15, 0.2) is 5.96 Å². The number of hydrogen-bond donors (Lipinski definition) is 2. The number of aliphatic imine (C=N–C) groups is 1. The maximum atomic E-state index is 12.5. The van der Waals surface area contributed by atoms with Gasteiger partial charge in [-0.1, -0.05) is 24.3 Å². The van der Waals surface area contributed by atoms with Gasteiger partial charge in [-0.2, -0.15) is 0 Å². The number of hydrogen-bond acceptors (Lipinski definition) is 4. The standard InChI is InChI=1S/C21H29N5OS.HI/c1-2-22-21(24-17-19-9-6-16-28-19)23-11-10-20(27)26-14-12-25(13-15-26)18-7-4-3-5-8-18;/h3-9,16H,2,10-15,17H2,1H3,(H2,22,23,24);1H. The lowest BCUT2D eigenvalue weighted by Crippen LogP contribution is -2.49. The van der Waals surface area contributed by atoms with E-state index in [0.717, 1.165) is 38.7 Å². The van der Waals surface area contributed by atoms with Gasteiger partial charge in [0.2, 0.25) is 5.91 Å². The highest BCUT2D eigenvalue weighted by Gasteiger charge is 2.20. The number of carbonyl (C=O) groups excluding carboxylic acids is 1. The molecule has 0 spiro atoms. The zero-order valence-corrected chi connectivity index (χ0v) is 20.0. The van der Waals surface area contributed by atoms with Gasteiger partial charge < -0.3 is 20.4 Å². The van der Waals surface area contributed by atoms with Crippen LogP contribution in [0.15, 0.2) is 52.8 Å². The number of halogens is 1. The minimum absolute atomic E-state index is 0. The first-order valence-corrected chi connectivity index (χ1v) is 10.8. The molecule has 1 aromatic heterocycles. The molecular formula is C21H30IN5OS. The smallest absolute Gasteiger partial charge is 0.224 e. The third kappa shape index (κ3) is 7.50. The van der Waals surface area contributed by atoms with Crippen molar-refractivity contribution >= 4 is 52.9 Å². The Balaban J connectivity index is 0.00000300. The lowest BCUT2D eigenvalue weighted by molar-refractivity contribution is -0.131. The lowest BCUT2D eigenvalue weighted by atomic mass is 10.2. The van der Waals surface area contributed by atoms with Crippen LogP contribution in [0, 0.1) is 0 Å². The number of thiophene rings is 1. The third-order valence-electron chi connectivity index (χ3n) is 4.70. The molecule has 1 saturated heterocycles. The maximum Gasteiger partial charge on any atom is 0.224 e. The minimum atomic E-state index is 0. The van der Waals surface area contributed by atoms with Gasteiger partial charge in [-0.05, 0) is 30.5 Å². The molecule has 0 bridgehead atoms. The second-order valence-electron chi connectivity index (χ2n) is 6.65. The highest BCUT2D eigenvalue weighted by atomic mass is 127. The van der Waals surface area contributed by atoms with Crippen molar-refractivity contribution in [3.8, 4) is 0 Å².